The molecule has 0 bridgehead atoms. The molecular formula is C14H21N3O. The largest absolute Gasteiger partial charge is 0.370 e. The molecule has 18 heavy (non-hydrogen) atoms. The summed E-state index contributed by atoms with van der Waals surface area (Å²) in [6, 6.07) is 4.14. The fourth-order valence-corrected chi connectivity index (χ4v) is 2.35. The third-order valence-electron chi connectivity index (χ3n) is 3.57. The van der Waals surface area contributed by atoms with Crippen LogP contribution in [-0.4, -0.2) is 17.4 Å². The van der Waals surface area contributed by atoms with Crippen LogP contribution in [0.4, 0.5) is 5.82 Å². The van der Waals surface area contributed by atoms with E-state index in [4.69, 9.17) is 5.73 Å². The Morgan fingerprint density at radius 1 is 1.50 bits per heavy atom. The van der Waals surface area contributed by atoms with Crippen molar-refractivity contribution in [2.45, 2.75) is 32.6 Å². The van der Waals surface area contributed by atoms with Gasteiger partial charge in [-0.1, -0.05) is 19.4 Å². The topological polar surface area (TPSA) is 68.0 Å². The van der Waals surface area contributed by atoms with Crippen LogP contribution in [0.1, 0.15) is 31.7 Å². The van der Waals surface area contributed by atoms with Gasteiger partial charge in [-0.25, -0.2) is 4.98 Å². The Morgan fingerprint density at radius 2 is 2.28 bits per heavy atom. The highest BCUT2D eigenvalue weighted by atomic mass is 16.1. The first-order valence-corrected chi connectivity index (χ1v) is 6.67. The molecule has 3 N–H and O–H groups in total. The number of carbonyl (C=O) groups is 1. The minimum atomic E-state index is -0.159. The number of amides is 1. The molecule has 0 saturated heterocycles. The molecule has 0 spiro atoms. The van der Waals surface area contributed by atoms with Gasteiger partial charge in [0.25, 0.3) is 0 Å². The minimum absolute atomic E-state index is 0.0942. The van der Waals surface area contributed by atoms with Gasteiger partial charge in [-0.3, -0.25) is 4.79 Å². The second-order valence-electron chi connectivity index (χ2n) is 5.12. The van der Waals surface area contributed by atoms with E-state index in [0.29, 0.717) is 5.92 Å². The van der Waals surface area contributed by atoms with Crippen LogP contribution >= 0.6 is 0 Å². The smallest absolute Gasteiger partial charge is 0.220 e. The summed E-state index contributed by atoms with van der Waals surface area (Å²) in [5.41, 5.74) is 6.52. The fourth-order valence-electron chi connectivity index (χ4n) is 2.35. The summed E-state index contributed by atoms with van der Waals surface area (Å²) >= 11 is 0. The zero-order chi connectivity index (χ0) is 13.0. The van der Waals surface area contributed by atoms with Crippen molar-refractivity contribution in [2.75, 3.05) is 11.9 Å². The van der Waals surface area contributed by atoms with Crippen molar-refractivity contribution in [1.82, 2.24) is 4.98 Å². The predicted octanol–water partition coefficient (Wildman–Crippen LogP) is 1.96. The van der Waals surface area contributed by atoms with Crippen molar-refractivity contribution in [2.24, 2.45) is 17.6 Å². The van der Waals surface area contributed by atoms with Gasteiger partial charge in [-0.05, 0) is 36.8 Å². The maximum absolute atomic E-state index is 10.9. The second-order valence-corrected chi connectivity index (χ2v) is 5.12. The lowest BCUT2D eigenvalue weighted by molar-refractivity contribution is -0.125. The van der Waals surface area contributed by atoms with Gasteiger partial charge >= 0.3 is 0 Å². The summed E-state index contributed by atoms with van der Waals surface area (Å²) in [7, 11) is 0. The number of primary amides is 1. The monoisotopic (exact) mass is 247 g/mol. The molecule has 2 rings (SSSR count). The number of anilines is 1. The Morgan fingerprint density at radius 3 is 2.83 bits per heavy atom. The fraction of sp³-hybridized carbons (Fsp3) is 0.571. The molecule has 1 aromatic rings. The summed E-state index contributed by atoms with van der Waals surface area (Å²) in [4.78, 5) is 15.3. The molecule has 1 saturated carbocycles. The highest BCUT2D eigenvalue weighted by molar-refractivity contribution is 5.77. The molecule has 0 unspecified atom stereocenters. The number of hydrogen-bond donors (Lipinski definition) is 2. The molecule has 4 heteroatoms. The molecule has 0 atom stereocenters. The first kappa shape index (κ1) is 12.9. The van der Waals surface area contributed by atoms with E-state index < -0.39 is 0 Å². The summed E-state index contributed by atoms with van der Waals surface area (Å²) < 4.78 is 0. The molecule has 1 fully saturated rings. The normalized spacial score (nSPS) is 22.3. The standard InChI is InChI=1S/C14H21N3O/c1-2-3-10-4-5-13(16-8-10)17-9-11-6-12(7-11)14(15)18/h4-5,8,11-12H,2-3,6-7,9H2,1H3,(H2,15,18)(H,16,17). The maximum Gasteiger partial charge on any atom is 0.220 e. The van der Waals surface area contributed by atoms with Crippen molar-refractivity contribution in [3.8, 4) is 0 Å². The van der Waals surface area contributed by atoms with Gasteiger partial charge in [0.2, 0.25) is 5.91 Å². The lowest BCUT2D eigenvalue weighted by Gasteiger charge is -2.33. The summed E-state index contributed by atoms with van der Waals surface area (Å²) in [6.45, 7) is 3.04. The first-order valence-electron chi connectivity index (χ1n) is 6.67. The van der Waals surface area contributed by atoms with Crippen molar-refractivity contribution in [3.63, 3.8) is 0 Å². The maximum atomic E-state index is 10.9. The molecule has 1 aliphatic rings. The van der Waals surface area contributed by atoms with Crippen LogP contribution in [0, 0.1) is 11.8 Å². The van der Waals surface area contributed by atoms with Gasteiger partial charge in [0.05, 0.1) is 0 Å². The Labute approximate surface area is 108 Å². The Kier molecular flexibility index (Phi) is 4.18. The lowest BCUT2D eigenvalue weighted by Crippen LogP contribution is -2.38. The number of nitrogens with one attached hydrogen (secondary N) is 1. The van der Waals surface area contributed by atoms with E-state index in [1.165, 1.54) is 5.56 Å². The van der Waals surface area contributed by atoms with E-state index in [9.17, 15) is 4.79 Å². The molecular weight excluding hydrogens is 226 g/mol. The molecule has 1 aliphatic carbocycles. The van der Waals surface area contributed by atoms with Crippen LogP contribution in [0.3, 0.4) is 0 Å². The van der Waals surface area contributed by atoms with Gasteiger partial charge in [0, 0.05) is 18.7 Å². The van der Waals surface area contributed by atoms with Crippen LogP contribution in [0.15, 0.2) is 18.3 Å². The number of hydrogen-bond acceptors (Lipinski definition) is 3. The van der Waals surface area contributed by atoms with E-state index in [-0.39, 0.29) is 11.8 Å². The van der Waals surface area contributed by atoms with E-state index in [1.807, 2.05) is 12.3 Å². The second kappa shape index (κ2) is 5.85. The van der Waals surface area contributed by atoms with Gasteiger partial charge in [-0.2, -0.15) is 0 Å². The first-order chi connectivity index (χ1) is 8.69. The highest BCUT2D eigenvalue weighted by Gasteiger charge is 2.32. The van der Waals surface area contributed by atoms with Gasteiger partial charge in [0.1, 0.15) is 5.82 Å². The molecule has 0 aliphatic heterocycles. The van der Waals surface area contributed by atoms with E-state index in [2.05, 4.69) is 23.3 Å². The molecule has 1 heterocycles. The van der Waals surface area contributed by atoms with Crippen LogP contribution in [0.5, 0.6) is 0 Å². The molecule has 1 amide bonds. The average molecular weight is 247 g/mol. The van der Waals surface area contributed by atoms with E-state index >= 15 is 0 Å². The van der Waals surface area contributed by atoms with E-state index in [1.54, 1.807) is 0 Å². The average Bonchev–Trinajstić information content (AvgIpc) is 2.29. The quantitative estimate of drug-likeness (QED) is 0.807. The molecule has 4 nitrogen and oxygen atoms in total. The van der Waals surface area contributed by atoms with Crippen LogP contribution < -0.4 is 11.1 Å². The molecule has 1 aromatic heterocycles. The molecule has 98 valence electrons. The SMILES string of the molecule is CCCc1ccc(NCC2CC(C(N)=O)C2)nc1. The number of aryl methyl sites for hydroxylation is 1. The summed E-state index contributed by atoms with van der Waals surface area (Å²) in [6.07, 6.45) is 5.98. The van der Waals surface area contributed by atoms with Crippen molar-refractivity contribution >= 4 is 11.7 Å². The third-order valence-corrected chi connectivity index (χ3v) is 3.57. The van der Waals surface area contributed by atoms with Crippen molar-refractivity contribution in [1.29, 1.82) is 0 Å². The van der Waals surface area contributed by atoms with Crippen LogP contribution in [0.2, 0.25) is 0 Å². The molecule has 0 aromatic carbocycles. The number of rotatable bonds is 6. The van der Waals surface area contributed by atoms with Gasteiger partial charge in [0.15, 0.2) is 0 Å². The van der Waals surface area contributed by atoms with Gasteiger partial charge in [-0.15, -0.1) is 0 Å². The van der Waals surface area contributed by atoms with Crippen molar-refractivity contribution < 1.29 is 4.79 Å². The predicted molar refractivity (Wildman–Crippen MR) is 72.1 cm³/mol. The summed E-state index contributed by atoms with van der Waals surface area (Å²) in [5, 5.41) is 3.31. The zero-order valence-electron chi connectivity index (χ0n) is 10.9. The third kappa shape index (κ3) is 3.22. The Balaban J connectivity index is 1.72. The number of nitrogens with two attached hydrogens (primary N) is 1. The van der Waals surface area contributed by atoms with Crippen LogP contribution in [0.25, 0.3) is 0 Å². The Bertz CT molecular complexity index is 396. The van der Waals surface area contributed by atoms with Crippen LogP contribution in [-0.2, 0) is 11.2 Å². The number of pyridine rings is 1. The minimum Gasteiger partial charge on any atom is -0.370 e. The highest BCUT2D eigenvalue weighted by Crippen LogP contribution is 2.33. The van der Waals surface area contributed by atoms with Gasteiger partial charge < -0.3 is 11.1 Å². The molecule has 0 radical (unpaired) electrons. The lowest BCUT2D eigenvalue weighted by atomic mass is 9.74. The zero-order valence-corrected chi connectivity index (χ0v) is 10.9. The van der Waals surface area contributed by atoms with E-state index in [0.717, 1.165) is 38.0 Å². The summed E-state index contributed by atoms with van der Waals surface area (Å²) in [5.74, 6) is 1.40. The van der Waals surface area contributed by atoms with Crippen molar-refractivity contribution in [3.05, 3.63) is 23.9 Å². The number of aromatic nitrogens is 1. The number of nitrogens with zero attached hydrogens (tertiary/aromatic N) is 1. The Hall–Kier alpha value is -1.58. The number of carbonyl (C=O) groups excluding carboxylic acids is 1.